The Morgan fingerprint density at radius 1 is 0.290 bits per heavy atom. The normalized spacial score (nSPS) is 13.0. The molecule has 1 spiro atoms. The third kappa shape index (κ3) is 5.43. The molecular formula is C67H42N2. The molecule has 0 fully saturated rings. The highest BCUT2D eigenvalue weighted by Crippen LogP contribution is 2.64. The van der Waals surface area contributed by atoms with Gasteiger partial charge in [-0.05, 0) is 144 Å². The van der Waals surface area contributed by atoms with Crippen molar-refractivity contribution in [3.8, 4) is 72.4 Å². The Bertz CT molecular complexity index is 4120. The van der Waals surface area contributed by atoms with Crippen molar-refractivity contribution in [3.05, 3.63) is 271 Å². The molecule has 0 amide bonds. The van der Waals surface area contributed by atoms with Crippen LogP contribution in [0.2, 0.25) is 0 Å². The van der Waals surface area contributed by atoms with E-state index in [9.17, 15) is 0 Å². The van der Waals surface area contributed by atoms with Crippen molar-refractivity contribution in [2.45, 2.75) is 5.41 Å². The Morgan fingerprint density at radius 2 is 0.797 bits per heavy atom. The summed E-state index contributed by atoms with van der Waals surface area (Å²) in [6, 6.07) is 92.2. The van der Waals surface area contributed by atoms with Gasteiger partial charge in [0, 0.05) is 38.3 Å². The number of nitrogens with zero attached hydrogens (tertiary/aromatic N) is 1. The second kappa shape index (κ2) is 14.5. The Kier molecular flexibility index (Phi) is 8.02. The zero-order valence-corrected chi connectivity index (χ0v) is 37.6. The van der Waals surface area contributed by atoms with E-state index >= 15 is 0 Å². The first-order valence-electron chi connectivity index (χ1n) is 24.0. The van der Waals surface area contributed by atoms with Crippen molar-refractivity contribution in [3.63, 3.8) is 0 Å². The molecule has 0 saturated carbocycles. The highest BCUT2D eigenvalue weighted by Gasteiger charge is 2.52. The van der Waals surface area contributed by atoms with Crippen LogP contribution in [0, 0.1) is 0 Å². The van der Waals surface area contributed by atoms with Gasteiger partial charge in [0.1, 0.15) is 0 Å². The Hall–Kier alpha value is -8.98. The molecule has 0 atom stereocenters. The van der Waals surface area contributed by atoms with Crippen molar-refractivity contribution >= 4 is 43.6 Å². The quantitative estimate of drug-likeness (QED) is 0.178. The average molecular weight is 875 g/mol. The number of para-hydroxylation sites is 1. The Morgan fingerprint density at radius 3 is 1.46 bits per heavy atom. The first kappa shape index (κ1) is 38.2. The maximum atomic E-state index is 4.02. The molecule has 1 N–H and O–H groups in total. The average Bonchev–Trinajstić information content (AvgIpc) is 4.15. The van der Waals surface area contributed by atoms with Gasteiger partial charge in [0.05, 0.1) is 22.0 Å². The number of hydrogen-bond donors (Lipinski definition) is 1. The van der Waals surface area contributed by atoms with Crippen molar-refractivity contribution in [2.24, 2.45) is 0 Å². The van der Waals surface area contributed by atoms with Crippen LogP contribution in [-0.4, -0.2) is 9.55 Å². The summed E-state index contributed by atoms with van der Waals surface area (Å²) in [6.07, 6.45) is 0. The lowest BCUT2D eigenvalue weighted by Gasteiger charge is -2.30. The summed E-state index contributed by atoms with van der Waals surface area (Å²) in [5.74, 6) is 0. The van der Waals surface area contributed by atoms with Crippen LogP contribution in [0.5, 0.6) is 0 Å². The molecule has 2 heterocycles. The van der Waals surface area contributed by atoms with Gasteiger partial charge in [-0.1, -0.05) is 188 Å². The van der Waals surface area contributed by atoms with Gasteiger partial charge in [0.2, 0.25) is 0 Å². The van der Waals surface area contributed by atoms with Gasteiger partial charge in [-0.25, -0.2) is 0 Å². The van der Waals surface area contributed by atoms with E-state index in [1.165, 1.54) is 127 Å². The Balaban J connectivity index is 0.869. The number of aromatic amines is 1. The molecule has 0 aliphatic heterocycles. The highest BCUT2D eigenvalue weighted by molar-refractivity contribution is 6.15. The fraction of sp³-hybridized carbons (Fsp3) is 0.0149. The van der Waals surface area contributed by atoms with E-state index < -0.39 is 5.41 Å². The summed E-state index contributed by atoms with van der Waals surface area (Å²) in [5.41, 5.74) is 25.7. The molecule has 13 aromatic rings. The standard InChI is InChI=1S/C67H42N2/c1-3-16-42(17-4-1)47-36-48(43-18-5-2-6-19-43)38-49(37-47)44-20-15-21-50(39-44)69-63-29-14-10-25-54(63)58-41-46(31-35-64(58)69)45-30-34-62-57(40-45)56-33-32-55-53-24-9-13-28-61(53)67(65(55)66(56)68-62)59-26-11-7-22-51(59)52-23-8-12-27-60(52)67/h1-41,68H. The summed E-state index contributed by atoms with van der Waals surface area (Å²) in [6.45, 7) is 0. The third-order valence-corrected chi connectivity index (χ3v) is 15.3. The lowest BCUT2D eigenvalue weighted by molar-refractivity contribution is 0.799. The molecule has 69 heavy (non-hydrogen) atoms. The van der Waals surface area contributed by atoms with Crippen LogP contribution in [0.4, 0.5) is 0 Å². The predicted octanol–water partition coefficient (Wildman–Crippen LogP) is 17.4. The fourth-order valence-corrected chi connectivity index (χ4v) is 12.4. The first-order chi connectivity index (χ1) is 34.2. The summed E-state index contributed by atoms with van der Waals surface area (Å²) >= 11 is 0. The van der Waals surface area contributed by atoms with E-state index in [4.69, 9.17) is 0 Å². The summed E-state index contributed by atoms with van der Waals surface area (Å²) in [7, 11) is 0. The molecule has 0 radical (unpaired) electrons. The minimum atomic E-state index is -0.418. The van der Waals surface area contributed by atoms with Crippen LogP contribution in [0.25, 0.3) is 116 Å². The molecule has 0 unspecified atom stereocenters. The van der Waals surface area contributed by atoms with Gasteiger partial charge >= 0.3 is 0 Å². The summed E-state index contributed by atoms with van der Waals surface area (Å²) in [5, 5.41) is 4.97. The molecule has 2 heteroatoms. The molecular weight excluding hydrogens is 833 g/mol. The summed E-state index contributed by atoms with van der Waals surface area (Å²) < 4.78 is 2.44. The van der Waals surface area contributed by atoms with Crippen LogP contribution >= 0.6 is 0 Å². The van der Waals surface area contributed by atoms with E-state index in [1.807, 2.05) is 0 Å². The maximum absolute atomic E-state index is 4.02. The summed E-state index contributed by atoms with van der Waals surface area (Å²) in [4.78, 5) is 4.02. The van der Waals surface area contributed by atoms with Crippen LogP contribution in [0.3, 0.4) is 0 Å². The second-order valence-corrected chi connectivity index (χ2v) is 18.8. The lowest BCUT2D eigenvalue weighted by atomic mass is 9.70. The number of aromatic nitrogens is 2. The van der Waals surface area contributed by atoms with Gasteiger partial charge in [-0.3, -0.25) is 0 Å². The number of rotatable bonds is 5. The Labute approximate surface area is 400 Å². The number of H-pyrrole nitrogens is 1. The molecule has 320 valence electrons. The van der Waals surface area contributed by atoms with Gasteiger partial charge in [-0.2, -0.15) is 0 Å². The fourth-order valence-electron chi connectivity index (χ4n) is 12.4. The molecule has 2 aliphatic carbocycles. The second-order valence-electron chi connectivity index (χ2n) is 18.8. The number of fused-ring (bicyclic) bond motifs is 17. The highest BCUT2D eigenvalue weighted by atomic mass is 15.0. The SMILES string of the molecule is c1ccc(-c2cc(-c3ccccc3)cc(-c3cccc(-n4c5ccccc5c5cc(-c6ccc7[nH]c8c9c(ccc8c7c6)-c6ccccc6C96c7ccccc7-c7ccccc76)ccc54)c3)c2)cc1. The minimum Gasteiger partial charge on any atom is -0.354 e. The first-order valence-corrected chi connectivity index (χ1v) is 24.0. The molecule has 15 rings (SSSR count). The largest absolute Gasteiger partial charge is 0.354 e. The number of hydrogen-bond acceptors (Lipinski definition) is 0. The number of benzene rings is 11. The molecule has 0 bridgehead atoms. The topological polar surface area (TPSA) is 20.7 Å². The predicted molar refractivity (Wildman–Crippen MR) is 288 cm³/mol. The van der Waals surface area contributed by atoms with Crippen LogP contribution in [-0.2, 0) is 5.41 Å². The minimum absolute atomic E-state index is 0.418. The van der Waals surface area contributed by atoms with E-state index in [2.05, 4.69) is 258 Å². The maximum Gasteiger partial charge on any atom is 0.0746 e. The van der Waals surface area contributed by atoms with Crippen molar-refractivity contribution in [1.82, 2.24) is 9.55 Å². The van der Waals surface area contributed by atoms with Gasteiger partial charge < -0.3 is 9.55 Å². The third-order valence-electron chi connectivity index (χ3n) is 15.3. The van der Waals surface area contributed by atoms with Crippen molar-refractivity contribution in [2.75, 3.05) is 0 Å². The zero-order chi connectivity index (χ0) is 45.2. The van der Waals surface area contributed by atoms with E-state index in [1.54, 1.807) is 0 Å². The van der Waals surface area contributed by atoms with E-state index in [0.717, 1.165) is 11.2 Å². The van der Waals surface area contributed by atoms with Gasteiger partial charge in [-0.15, -0.1) is 0 Å². The molecule has 0 saturated heterocycles. The smallest absolute Gasteiger partial charge is 0.0746 e. The van der Waals surface area contributed by atoms with Gasteiger partial charge in [0.15, 0.2) is 0 Å². The lowest BCUT2D eigenvalue weighted by Crippen LogP contribution is -2.26. The van der Waals surface area contributed by atoms with E-state index in [0.29, 0.717) is 0 Å². The monoisotopic (exact) mass is 874 g/mol. The van der Waals surface area contributed by atoms with Crippen LogP contribution < -0.4 is 0 Å². The van der Waals surface area contributed by atoms with Crippen molar-refractivity contribution in [1.29, 1.82) is 0 Å². The molecule has 2 nitrogen and oxygen atoms in total. The van der Waals surface area contributed by atoms with Crippen molar-refractivity contribution < 1.29 is 0 Å². The van der Waals surface area contributed by atoms with E-state index in [-0.39, 0.29) is 0 Å². The molecule has 11 aromatic carbocycles. The zero-order valence-electron chi connectivity index (χ0n) is 37.6. The van der Waals surface area contributed by atoms with Gasteiger partial charge in [0.25, 0.3) is 0 Å². The van der Waals surface area contributed by atoms with Crippen LogP contribution in [0.1, 0.15) is 22.3 Å². The van der Waals surface area contributed by atoms with Crippen LogP contribution in [0.15, 0.2) is 249 Å². The molecule has 2 aromatic heterocycles. The number of nitrogens with one attached hydrogen (secondary N) is 1. The molecule has 2 aliphatic rings.